The number of fused-ring (bicyclic) bond motifs is 1. The van der Waals surface area contributed by atoms with Crippen LogP contribution in [0.2, 0.25) is 0 Å². The van der Waals surface area contributed by atoms with E-state index < -0.39 is 5.54 Å². The van der Waals surface area contributed by atoms with Crippen LogP contribution in [0, 0.1) is 11.3 Å². The molecular weight excluding hydrogens is 412 g/mol. The molecule has 3 heterocycles. The zero-order valence-corrected chi connectivity index (χ0v) is 19.3. The number of nitriles is 1. The van der Waals surface area contributed by atoms with Crippen LogP contribution >= 0.6 is 0 Å². The molecule has 3 aliphatic heterocycles. The second-order valence-corrected chi connectivity index (χ2v) is 9.88. The fourth-order valence-electron chi connectivity index (χ4n) is 6.05. The molecule has 0 radical (unpaired) electrons. The molecule has 5 rings (SSSR count). The average molecular weight is 443 g/mol. The van der Waals surface area contributed by atoms with Gasteiger partial charge < -0.3 is 9.80 Å². The van der Waals surface area contributed by atoms with Crippen molar-refractivity contribution < 1.29 is 9.59 Å². The third-order valence-corrected chi connectivity index (χ3v) is 7.40. The summed E-state index contributed by atoms with van der Waals surface area (Å²) >= 11 is 0. The van der Waals surface area contributed by atoms with Gasteiger partial charge in [0.2, 0.25) is 5.91 Å². The molecule has 1 spiro atoms. The Bertz CT molecular complexity index is 1110. The molecule has 2 aromatic carbocycles. The maximum Gasteiger partial charge on any atom is 0.254 e. The number of likely N-dealkylation sites (tertiary alicyclic amines) is 2. The quantitative estimate of drug-likeness (QED) is 0.728. The van der Waals surface area contributed by atoms with Gasteiger partial charge in [0.15, 0.2) is 0 Å². The lowest BCUT2D eigenvalue weighted by molar-refractivity contribution is -0.143. The van der Waals surface area contributed by atoms with E-state index in [4.69, 9.17) is 5.26 Å². The van der Waals surface area contributed by atoms with E-state index in [2.05, 4.69) is 11.0 Å². The summed E-state index contributed by atoms with van der Waals surface area (Å²) in [5.74, 6) is -0.149. The Morgan fingerprint density at radius 3 is 2.39 bits per heavy atom. The Morgan fingerprint density at radius 1 is 1.09 bits per heavy atom. The first-order valence-electron chi connectivity index (χ1n) is 11.9. The Kier molecular flexibility index (Phi) is 5.46. The molecule has 1 unspecified atom stereocenters. The number of carbonyl (C=O) groups is 2. The number of benzene rings is 2. The molecule has 0 saturated carbocycles. The van der Waals surface area contributed by atoms with Crippen molar-refractivity contribution in [2.75, 3.05) is 26.2 Å². The van der Waals surface area contributed by atoms with Crippen LogP contribution in [-0.2, 0) is 11.3 Å². The molecule has 0 aliphatic carbocycles. The summed E-state index contributed by atoms with van der Waals surface area (Å²) in [6.45, 7) is 7.77. The lowest BCUT2D eigenvalue weighted by Crippen LogP contribution is -2.77. The number of carbonyl (C=O) groups excluding carboxylic acids is 2. The highest BCUT2D eigenvalue weighted by molar-refractivity contribution is 6.02. The largest absolute Gasteiger partial charge is 0.342 e. The van der Waals surface area contributed by atoms with Crippen LogP contribution < -0.4 is 0 Å². The lowest BCUT2D eigenvalue weighted by atomic mass is 9.67. The van der Waals surface area contributed by atoms with Gasteiger partial charge in [0.05, 0.1) is 23.1 Å². The highest BCUT2D eigenvalue weighted by atomic mass is 16.2. The minimum atomic E-state index is -0.536. The third-order valence-electron chi connectivity index (χ3n) is 7.40. The van der Waals surface area contributed by atoms with Gasteiger partial charge in [0, 0.05) is 44.3 Å². The first-order valence-corrected chi connectivity index (χ1v) is 11.9. The zero-order chi connectivity index (χ0) is 23.2. The van der Waals surface area contributed by atoms with E-state index in [1.54, 1.807) is 0 Å². The number of amides is 2. The van der Waals surface area contributed by atoms with Crippen molar-refractivity contribution in [3.63, 3.8) is 0 Å². The zero-order valence-electron chi connectivity index (χ0n) is 19.3. The van der Waals surface area contributed by atoms with Crippen LogP contribution in [0.4, 0.5) is 0 Å². The molecule has 6 heteroatoms. The molecule has 2 amide bonds. The molecule has 2 saturated heterocycles. The minimum absolute atomic E-state index is 0.00297. The average Bonchev–Trinajstić information content (AvgIpc) is 3.33. The van der Waals surface area contributed by atoms with Crippen molar-refractivity contribution >= 4 is 11.8 Å². The molecule has 2 aromatic rings. The maximum absolute atomic E-state index is 13.9. The van der Waals surface area contributed by atoms with Gasteiger partial charge in [-0.3, -0.25) is 14.5 Å². The highest BCUT2D eigenvalue weighted by Gasteiger charge is 2.61. The molecule has 33 heavy (non-hydrogen) atoms. The molecule has 0 aromatic heterocycles. The summed E-state index contributed by atoms with van der Waals surface area (Å²) < 4.78 is 0. The van der Waals surface area contributed by atoms with E-state index in [0.29, 0.717) is 24.2 Å². The SMILES string of the molecule is CC(C)N1C(=O)c2ccccc2C(C(=O)N2CCCC2)C12CN(Cc1ccc(C#N)cc1)C2. The maximum atomic E-state index is 13.9. The molecule has 170 valence electrons. The highest BCUT2D eigenvalue weighted by Crippen LogP contribution is 2.48. The Morgan fingerprint density at radius 2 is 1.76 bits per heavy atom. The van der Waals surface area contributed by atoms with E-state index in [1.807, 2.05) is 72.2 Å². The summed E-state index contributed by atoms with van der Waals surface area (Å²) in [5, 5.41) is 9.06. The smallest absolute Gasteiger partial charge is 0.254 e. The Hall–Kier alpha value is -3.17. The minimum Gasteiger partial charge on any atom is -0.342 e. The van der Waals surface area contributed by atoms with Gasteiger partial charge in [-0.1, -0.05) is 30.3 Å². The van der Waals surface area contributed by atoms with Gasteiger partial charge in [0.1, 0.15) is 0 Å². The first-order chi connectivity index (χ1) is 15.9. The summed E-state index contributed by atoms with van der Waals surface area (Å²) in [6, 6.07) is 17.5. The van der Waals surface area contributed by atoms with Crippen LogP contribution in [0.25, 0.3) is 0 Å². The summed E-state index contributed by atoms with van der Waals surface area (Å²) in [6.07, 6.45) is 2.09. The Labute approximate surface area is 195 Å². The Balaban J connectivity index is 1.50. The van der Waals surface area contributed by atoms with Gasteiger partial charge >= 0.3 is 0 Å². The van der Waals surface area contributed by atoms with Crippen molar-refractivity contribution in [1.82, 2.24) is 14.7 Å². The first kappa shape index (κ1) is 21.7. The number of hydrogen-bond acceptors (Lipinski definition) is 4. The van der Waals surface area contributed by atoms with Crippen molar-refractivity contribution in [2.24, 2.45) is 0 Å². The number of rotatable bonds is 4. The number of hydrogen-bond donors (Lipinski definition) is 0. The van der Waals surface area contributed by atoms with E-state index in [0.717, 1.165) is 43.6 Å². The van der Waals surface area contributed by atoms with Crippen LogP contribution in [0.1, 0.15) is 59.7 Å². The monoisotopic (exact) mass is 442 g/mol. The van der Waals surface area contributed by atoms with Crippen LogP contribution in [0.15, 0.2) is 48.5 Å². The second-order valence-electron chi connectivity index (χ2n) is 9.88. The molecule has 3 aliphatic rings. The predicted octanol–water partition coefficient (Wildman–Crippen LogP) is 3.38. The van der Waals surface area contributed by atoms with E-state index in [9.17, 15) is 9.59 Å². The van der Waals surface area contributed by atoms with E-state index >= 15 is 0 Å². The topological polar surface area (TPSA) is 67.7 Å². The molecular formula is C27H30N4O2. The molecule has 0 bridgehead atoms. The summed E-state index contributed by atoms with van der Waals surface area (Å²) in [7, 11) is 0. The standard InChI is InChI=1S/C27H30N4O2/c1-19(2)31-25(32)23-8-4-3-7-22(23)24(26(33)30-13-5-6-14-30)27(31)17-29(18-27)16-21-11-9-20(15-28)10-12-21/h3-4,7-12,19,24H,5-6,13-14,16-18H2,1-2H3. The molecule has 6 nitrogen and oxygen atoms in total. The van der Waals surface area contributed by atoms with Crippen LogP contribution in [-0.4, -0.2) is 64.3 Å². The van der Waals surface area contributed by atoms with E-state index in [1.165, 1.54) is 0 Å². The van der Waals surface area contributed by atoms with Crippen molar-refractivity contribution in [2.45, 2.75) is 50.7 Å². The van der Waals surface area contributed by atoms with Crippen LogP contribution in [0.5, 0.6) is 0 Å². The fraction of sp³-hybridized carbons (Fsp3) is 0.444. The summed E-state index contributed by atoms with van der Waals surface area (Å²) in [5.41, 5.74) is 2.79. The van der Waals surface area contributed by atoms with Gasteiger partial charge in [-0.05, 0) is 56.0 Å². The van der Waals surface area contributed by atoms with Crippen LogP contribution in [0.3, 0.4) is 0 Å². The van der Waals surface area contributed by atoms with E-state index in [-0.39, 0.29) is 23.8 Å². The predicted molar refractivity (Wildman–Crippen MR) is 125 cm³/mol. The normalized spacial score (nSPS) is 21.8. The third kappa shape index (κ3) is 3.52. The molecule has 0 N–H and O–H groups in total. The van der Waals surface area contributed by atoms with Crippen molar-refractivity contribution in [3.8, 4) is 6.07 Å². The second kappa shape index (κ2) is 8.31. The molecule has 1 atom stereocenters. The van der Waals surface area contributed by atoms with Crippen molar-refractivity contribution in [3.05, 3.63) is 70.8 Å². The van der Waals surface area contributed by atoms with Gasteiger partial charge in [-0.15, -0.1) is 0 Å². The van der Waals surface area contributed by atoms with Gasteiger partial charge in [-0.2, -0.15) is 5.26 Å². The van der Waals surface area contributed by atoms with Crippen molar-refractivity contribution in [1.29, 1.82) is 5.26 Å². The summed E-state index contributed by atoms with van der Waals surface area (Å²) in [4.78, 5) is 33.9. The van der Waals surface area contributed by atoms with Gasteiger partial charge in [0.25, 0.3) is 5.91 Å². The lowest BCUT2D eigenvalue weighted by Gasteiger charge is -2.62. The number of nitrogens with zero attached hydrogens (tertiary/aromatic N) is 4. The molecule has 2 fully saturated rings. The van der Waals surface area contributed by atoms with Gasteiger partial charge in [-0.25, -0.2) is 0 Å². The fourth-order valence-corrected chi connectivity index (χ4v) is 6.05.